The van der Waals surface area contributed by atoms with E-state index in [9.17, 15) is 4.79 Å². The Kier molecular flexibility index (Phi) is 5.35. The fourth-order valence-electron chi connectivity index (χ4n) is 2.15. The van der Waals surface area contributed by atoms with Crippen LogP contribution in [0.3, 0.4) is 0 Å². The lowest BCUT2D eigenvalue weighted by molar-refractivity contribution is -0.137. The van der Waals surface area contributed by atoms with Crippen LogP contribution in [0.25, 0.3) is 0 Å². The second kappa shape index (κ2) is 7.45. The molecule has 0 fully saturated rings. The molecule has 0 aromatic heterocycles. The highest BCUT2D eigenvalue weighted by Crippen LogP contribution is 2.18. The molecule has 2 aromatic carbocycles. The van der Waals surface area contributed by atoms with E-state index >= 15 is 0 Å². The summed E-state index contributed by atoms with van der Waals surface area (Å²) in [5, 5.41) is 12.4. The standard InChI is InChI=1S/C17H19NO3/c1-21-15-9-7-13(8-10-15)12-18-16(11-17(19)20)14-5-3-2-4-6-14/h2-10,16,18H,11-12H2,1H3,(H,19,20)/t16-/m1/s1. The van der Waals surface area contributed by atoms with E-state index in [4.69, 9.17) is 9.84 Å². The summed E-state index contributed by atoms with van der Waals surface area (Å²) in [6.07, 6.45) is 0.0557. The van der Waals surface area contributed by atoms with Gasteiger partial charge in [0.05, 0.1) is 13.5 Å². The van der Waals surface area contributed by atoms with E-state index in [1.807, 2.05) is 54.6 Å². The lowest BCUT2D eigenvalue weighted by Crippen LogP contribution is -2.23. The van der Waals surface area contributed by atoms with E-state index in [0.29, 0.717) is 6.54 Å². The predicted molar refractivity (Wildman–Crippen MR) is 81.3 cm³/mol. The van der Waals surface area contributed by atoms with Gasteiger partial charge in [-0.1, -0.05) is 42.5 Å². The van der Waals surface area contributed by atoms with Crippen molar-refractivity contribution in [2.45, 2.75) is 19.0 Å². The van der Waals surface area contributed by atoms with Gasteiger partial charge in [0, 0.05) is 12.6 Å². The lowest BCUT2D eigenvalue weighted by Gasteiger charge is -2.17. The number of benzene rings is 2. The van der Waals surface area contributed by atoms with Crippen molar-refractivity contribution in [2.75, 3.05) is 7.11 Å². The van der Waals surface area contributed by atoms with Gasteiger partial charge in [-0.2, -0.15) is 0 Å². The molecule has 110 valence electrons. The molecule has 0 heterocycles. The van der Waals surface area contributed by atoms with Gasteiger partial charge in [-0.25, -0.2) is 0 Å². The molecule has 4 heteroatoms. The van der Waals surface area contributed by atoms with Crippen molar-refractivity contribution in [3.8, 4) is 5.75 Å². The van der Waals surface area contributed by atoms with Gasteiger partial charge in [0.2, 0.25) is 0 Å². The SMILES string of the molecule is COc1ccc(CN[C@H](CC(=O)O)c2ccccc2)cc1. The van der Waals surface area contributed by atoms with Gasteiger partial charge in [-0.3, -0.25) is 4.79 Å². The topological polar surface area (TPSA) is 58.6 Å². The molecule has 0 unspecified atom stereocenters. The Morgan fingerprint density at radius 2 is 1.81 bits per heavy atom. The van der Waals surface area contributed by atoms with Gasteiger partial charge < -0.3 is 15.2 Å². The van der Waals surface area contributed by atoms with Gasteiger partial charge >= 0.3 is 5.97 Å². The summed E-state index contributed by atoms with van der Waals surface area (Å²) in [6.45, 7) is 0.608. The second-order valence-electron chi connectivity index (χ2n) is 4.79. The average molecular weight is 285 g/mol. The van der Waals surface area contributed by atoms with E-state index in [1.165, 1.54) is 0 Å². The Morgan fingerprint density at radius 1 is 1.14 bits per heavy atom. The van der Waals surface area contributed by atoms with Crippen LogP contribution in [-0.4, -0.2) is 18.2 Å². The highest BCUT2D eigenvalue weighted by Gasteiger charge is 2.14. The van der Waals surface area contributed by atoms with Crippen LogP contribution in [0.2, 0.25) is 0 Å². The molecule has 21 heavy (non-hydrogen) atoms. The molecule has 0 aliphatic heterocycles. The molecule has 1 atom stereocenters. The van der Waals surface area contributed by atoms with Gasteiger partial charge in [0.25, 0.3) is 0 Å². The summed E-state index contributed by atoms with van der Waals surface area (Å²) in [7, 11) is 1.63. The van der Waals surface area contributed by atoms with Crippen molar-refractivity contribution in [1.29, 1.82) is 0 Å². The fraction of sp³-hybridized carbons (Fsp3) is 0.235. The van der Waals surface area contributed by atoms with E-state index in [1.54, 1.807) is 7.11 Å². The molecule has 0 saturated heterocycles. The van der Waals surface area contributed by atoms with E-state index in [-0.39, 0.29) is 12.5 Å². The number of carboxylic acid groups (broad SMARTS) is 1. The number of rotatable bonds is 7. The monoisotopic (exact) mass is 285 g/mol. The summed E-state index contributed by atoms with van der Waals surface area (Å²) in [4.78, 5) is 11.0. The maximum atomic E-state index is 11.0. The summed E-state index contributed by atoms with van der Waals surface area (Å²) in [6, 6.07) is 17.2. The van der Waals surface area contributed by atoms with Crippen molar-refractivity contribution in [2.24, 2.45) is 0 Å². The summed E-state index contributed by atoms with van der Waals surface area (Å²) >= 11 is 0. The third-order valence-corrected chi connectivity index (χ3v) is 3.29. The largest absolute Gasteiger partial charge is 0.497 e. The number of hydrogen-bond donors (Lipinski definition) is 2. The summed E-state index contributed by atoms with van der Waals surface area (Å²) in [5.74, 6) is -0.00465. The van der Waals surface area contributed by atoms with Crippen LogP contribution in [-0.2, 0) is 11.3 Å². The highest BCUT2D eigenvalue weighted by atomic mass is 16.5. The molecule has 2 rings (SSSR count). The van der Waals surface area contributed by atoms with E-state index < -0.39 is 5.97 Å². The van der Waals surface area contributed by atoms with Crippen molar-refractivity contribution in [3.05, 3.63) is 65.7 Å². The van der Waals surface area contributed by atoms with Gasteiger partial charge in [-0.05, 0) is 23.3 Å². The molecule has 2 N–H and O–H groups in total. The Morgan fingerprint density at radius 3 is 2.38 bits per heavy atom. The number of methoxy groups -OCH3 is 1. The zero-order valence-corrected chi connectivity index (χ0v) is 12.0. The molecular formula is C17H19NO3. The zero-order valence-electron chi connectivity index (χ0n) is 12.0. The van der Waals surface area contributed by atoms with Crippen molar-refractivity contribution in [1.82, 2.24) is 5.32 Å². The molecule has 4 nitrogen and oxygen atoms in total. The van der Waals surface area contributed by atoms with Crippen LogP contribution in [0.4, 0.5) is 0 Å². The first kappa shape index (κ1) is 15.1. The summed E-state index contributed by atoms with van der Waals surface area (Å²) < 4.78 is 5.12. The van der Waals surface area contributed by atoms with Gasteiger partial charge in [-0.15, -0.1) is 0 Å². The average Bonchev–Trinajstić information content (AvgIpc) is 2.52. The Hall–Kier alpha value is -2.33. The second-order valence-corrected chi connectivity index (χ2v) is 4.79. The zero-order chi connectivity index (χ0) is 15.1. The van der Waals surface area contributed by atoms with Crippen molar-refractivity contribution in [3.63, 3.8) is 0 Å². The maximum absolute atomic E-state index is 11.0. The number of hydrogen-bond acceptors (Lipinski definition) is 3. The lowest BCUT2D eigenvalue weighted by atomic mass is 10.0. The Labute approximate surface area is 124 Å². The van der Waals surface area contributed by atoms with Crippen LogP contribution in [0.15, 0.2) is 54.6 Å². The molecule has 0 amide bonds. The summed E-state index contributed by atoms with van der Waals surface area (Å²) in [5.41, 5.74) is 2.07. The quantitative estimate of drug-likeness (QED) is 0.821. The fourth-order valence-corrected chi connectivity index (χ4v) is 2.15. The maximum Gasteiger partial charge on any atom is 0.305 e. The molecule has 0 bridgehead atoms. The molecule has 2 aromatic rings. The van der Waals surface area contributed by atoms with Crippen molar-refractivity contribution >= 4 is 5.97 Å². The Bertz CT molecular complexity index is 566. The van der Waals surface area contributed by atoms with Crippen LogP contribution < -0.4 is 10.1 Å². The number of nitrogens with one attached hydrogen (secondary N) is 1. The van der Waals surface area contributed by atoms with Gasteiger partial charge in [0.1, 0.15) is 5.75 Å². The van der Waals surface area contributed by atoms with Gasteiger partial charge in [0.15, 0.2) is 0 Å². The predicted octanol–water partition coefficient (Wildman–Crippen LogP) is 3.00. The third kappa shape index (κ3) is 4.61. The molecule has 0 spiro atoms. The number of ether oxygens (including phenoxy) is 1. The minimum atomic E-state index is -0.814. The first-order valence-electron chi connectivity index (χ1n) is 6.82. The van der Waals surface area contributed by atoms with E-state index in [2.05, 4.69) is 5.32 Å². The van der Waals surface area contributed by atoms with Crippen LogP contribution in [0.1, 0.15) is 23.6 Å². The highest BCUT2D eigenvalue weighted by molar-refractivity contribution is 5.67. The molecule has 0 aliphatic rings. The Balaban J connectivity index is 2.03. The minimum absolute atomic E-state index is 0.0557. The van der Waals surface area contributed by atoms with Crippen LogP contribution in [0, 0.1) is 0 Å². The number of carboxylic acids is 1. The number of carbonyl (C=O) groups is 1. The van der Waals surface area contributed by atoms with Crippen molar-refractivity contribution < 1.29 is 14.6 Å². The third-order valence-electron chi connectivity index (χ3n) is 3.29. The first-order valence-corrected chi connectivity index (χ1v) is 6.82. The smallest absolute Gasteiger partial charge is 0.305 e. The molecule has 0 saturated carbocycles. The number of aliphatic carboxylic acids is 1. The normalized spacial score (nSPS) is 11.9. The first-order chi connectivity index (χ1) is 10.2. The molecular weight excluding hydrogens is 266 g/mol. The van der Waals surface area contributed by atoms with Crippen LogP contribution >= 0.6 is 0 Å². The minimum Gasteiger partial charge on any atom is -0.497 e. The molecule has 0 radical (unpaired) electrons. The van der Waals surface area contributed by atoms with Crippen LogP contribution in [0.5, 0.6) is 5.75 Å². The molecule has 0 aliphatic carbocycles. The van der Waals surface area contributed by atoms with E-state index in [0.717, 1.165) is 16.9 Å².